The lowest BCUT2D eigenvalue weighted by Crippen LogP contribution is -2.27. The molecule has 0 heterocycles. The average Bonchev–Trinajstić information content (AvgIpc) is 2.43. The monoisotopic (exact) mass is 287 g/mol. The van der Waals surface area contributed by atoms with Gasteiger partial charge in [0.15, 0.2) is 0 Å². The zero-order valence-corrected chi connectivity index (χ0v) is 12.2. The highest BCUT2D eigenvalue weighted by Crippen LogP contribution is 2.10. The van der Waals surface area contributed by atoms with Gasteiger partial charge in [-0.2, -0.15) is 0 Å². The zero-order chi connectivity index (χ0) is 14.1. The van der Waals surface area contributed by atoms with Crippen LogP contribution in [0.3, 0.4) is 0 Å². The van der Waals surface area contributed by atoms with Gasteiger partial charge < -0.3 is 9.47 Å². The van der Waals surface area contributed by atoms with Gasteiger partial charge in [0.05, 0.1) is 24.7 Å². The van der Waals surface area contributed by atoms with Crippen LogP contribution in [0.25, 0.3) is 0 Å². The van der Waals surface area contributed by atoms with Crippen LogP contribution in [0.5, 0.6) is 0 Å². The third kappa shape index (κ3) is 5.69. The largest absolute Gasteiger partial charge is 0.382 e. The topological polar surface area (TPSA) is 64.6 Å². The van der Waals surface area contributed by atoms with Crippen molar-refractivity contribution in [3.8, 4) is 0 Å². The second-order valence-corrected chi connectivity index (χ2v) is 5.77. The molecule has 0 aliphatic heterocycles. The van der Waals surface area contributed by atoms with Crippen molar-refractivity contribution in [2.45, 2.75) is 18.2 Å². The van der Waals surface area contributed by atoms with Crippen molar-refractivity contribution in [1.82, 2.24) is 4.72 Å². The van der Waals surface area contributed by atoms with E-state index in [4.69, 9.17) is 9.47 Å². The summed E-state index contributed by atoms with van der Waals surface area (Å²) < 4.78 is 36.4. The maximum atomic E-state index is 11.9. The van der Waals surface area contributed by atoms with Crippen molar-refractivity contribution >= 4 is 10.0 Å². The molecule has 1 N–H and O–H groups in total. The first kappa shape index (κ1) is 16.1. The summed E-state index contributed by atoms with van der Waals surface area (Å²) in [7, 11) is -1.85. The third-order valence-electron chi connectivity index (χ3n) is 2.61. The Balaban J connectivity index is 2.42. The molecule has 1 aromatic rings. The fourth-order valence-corrected chi connectivity index (χ4v) is 2.49. The molecule has 0 amide bonds. The molecule has 0 radical (unpaired) electrons. The summed E-state index contributed by atoms with van der Waals surface area (Å²) in [6.45, 7) is 3.57. The number of benzene rings is 1. The van der Waals surface area contributed by atoms with Crippen molar-refractivity contribution in [3.05, 3.63) is 29.8 Å². The van der Waals surface area contributed by atoms with Gasteiger partial charge in [-0.15, -0.1) is 0 Å². The van der Waals surface area contributed by atoms with Gasteiger partial charge in [-0.05, 0) is 24.1 Å². The summed E-state index contributed by atoms with van der Waals surface area (Å²) in [5, 5.41) is 0. The molecule has 108 valence electrons. The fourth-order valence-electron chi connectivity index (χ4n) is 1.48. The van der Waals surface area contributed by atoms with Crippen LogP contribution in [0.2, 0.25) is 0 Å². The quantitative estimate of drug-likeness (QED) is 0.693. The van der Waals surface area contributed by atoms with Gasteiger partial charge in [0.1, 0.15) is 0 Å². The number of hydrogen-bond donors (Lipinski definition) is 1. The fraction of sp³-hybridized carbons (Fsp3) is 0.538. The van der Waals surface area contributed by atoms with E-state index in [-0.39, 0.29) is 11.4 Å². The summed E-state index contributed by atoms with van der Waals surface area (Å²) in [6.07, 6.45) is 0.890. The lowest BCUT2D eigenvalue weighted by molar-refractivity contribution is 0.0736. The van der Waals surface area contributed by atoms with E-state index in [9.17, 15) is 8.42 Å². The lowest BCUT2D eigenvalue weighted by Gasteiger charge is -2.08. The summed E-state index contributed by atoms with van der Waals surface area (Å²) in [6, 6.07) is 6.88. The van der Waals surface area contributed by atoms with E-state index in [1.165, 1.54) is 0 Å². The normalized spacial score (nSPS) is 11.7. The molecule has 0 spiro atoms. The molecular weight excluding hydrogens is 266 g/mol. The average molecular weight is 287 g/mol. The Morgan fingerprint density at radius 1 is 1.11 bits per heavy atom. The predicted molar refractivity (Wildman–Crippen MR) is 73.7 cm³/mol. The smallest absolute Gasteiger partial charge is 0.240 e. The van der Waals surface area contributed by atoms with E-state index >= 15 is 0 Å². The minimum absolute atomic E-state index is 0.252. The number of methoxy groups -OCH3 is 1. The first-order valence-electron chi connectivity index (χ1n) is 6.25. The highest BCUT2D eigenvalue weighted by Gasteiger charge is 2.12. The van der Waals surface area contributed by atoms with Crippen molar-refractivity contribution in [3.63, 3.8) is 0 Å². The highest BCUT2D eigenvalue weighted by molar-refractivity contribution is 7.89. The van der Waals surface area contributed by atoms with Crippen LogP contribution in [0.1, 0.15) is 12.5 Å². The molecule has 0 aromatic heterocycles. The van der Waals surface area contributed by atoms with Crippen LogP contribution in [0, 0.1) is 0 Å². The Bertz CT molecular complexity index is 456. The van der Waals surface area contributed by atoms with Crippen molar-refractivity contribution in [1.29, 1.82) is 0 Å². The molecule has 0 saturated heterocycles. The Morgan fingerprint density at radius 2 is 1.79 bits per heavy atom. The molecule has 0 saturated carbocycles. The van der Waals surface area contributed by atoms with Crippen LogP contribution in [0.15, 0.2) is 29.2 Å². The molecule has 6 heteroatoms. The zero-order valence-electron chi connectivity index (χ0n) is 11.4. The summed E-state index contributed by atoms with van der Waals surface area (Å²) in [5.41, 5.74) is 1.11. The molecule has 0 bridgehead atoms. The standard InChI is InChI=1S/C13H21NO4S/c1-3-12-4-6-13(7-5-12)19(15,16)14-8-9-18-11-10-17-2/h4-7,14H,3,8-11H2,1-2H3. The molecule has 0 fully saturated rings. The molecule has 0 aliphatic carbocycles. The summed E-state index contributed by atoms with van der Waals surface area (Å²) in [5.74, 6) is 0. The minimum Gasteiger partial charge on any atom is -0.382 e. The first-order valence-corrected chi connectivity index (χ1v) is 7.73. The van der Waals surface area contributed by atoms with Crippen LogP contribution < -0.4 is 4.72 Å². The number of sulfonamides is 1. The van der Waals surface area contributed by atoms with E-state index in [0.29, 0.717) is 19.8 Å². The molecule has 1 aromatic carbocycles. The van der Waals surface area contributed by atoms with E-state index in [0.717, 1.165) is 12.0 Å². The van der Waals surface area contributed by atoms with Crippen molar-refractivity contribution in [2.75, 3.05) is 33.5 Å². The van der Waals surface area contributed by atoms with Crippen molar-refractivity contribution < 1.29 is 17.9 Å². The maximum Gasteiger partial charge on any atom is 0.240 e. The molecular formula is C13H21NO4S. The Labute approximate surface area is 115 Å². The van der Waals surface area contributed by atoms with Gasteiger partial charge in [-0.3, -0.25) is 0 Å². The van der Waals surface area contributed by atoms with E-state index < -0.39 is 10.0 Å². The number of nitrogens with one attached hydrogen (secondary N) is 1. The Morgan fingerprint density at radius 3 is 2.37 bits per heavy atom. The third-order valence-corrected chi connectivity index (χ3v) is 4.09. The summed E-state index contributed by atoms with van der Waals surface area (Å²) >= 11 is 0. The van der Waals surface area contributed by atoms with E-state index in [1.54, 1.807) is 19.2 Å². The molecule has 19 heavy (non-hydrogen) atoms. The van der Waals surface area contributed by atoms with Gasteiger partial charge >= 0.3 is 0 Å². The highest BCUT2D eigenvalue weighted by atomic mass is 32.2. The number of hydrogen-bond acceptors (Lipinski definition) is 4. The molecule has 0 aliphatic rings. The maximum absolute atomic E-state index is 11.9. The van der Waals surface area contributed by atoms with Crippen LogP contribution in [0.4, 0.5) is 0 Å². The Hall–Kier alpha value is -0.950. The number of aryl methyl sites for hydroxylation is 1. The molecule has 5 nitrogen and oxygen atoms in total. The van der Waals surface area contributed by atoms with Gasteiger partial charge in [0, 0.05) is 13.7 Å². The minimum atomic E-state index is -3.44. The van der Waals surface area contributed by atoms with Crippen molar-refractivity contribution in [2.24, 2.45) is 0 Å². The molecule has 0 unspecified atom stereocenters. The van der Waals surface area contributed by atoms with Crippen LogP contribution in [-0.4, -0.2) is 41.9 Å². The molecule has 0 atom stereocenters. The number of ether oxygens (including phenoxy) is 2. The SMILES string of the molecule is CCc1ccc(S(=O)(=O)NCCOCCOC)cc1. The van der Waals surface area contributed by atoms with Crippen LogP contribution in [-0.2, 0) is 25.9 Å². The predicted octanol–water partition coefficient (Wildman–Crippen LogP) is 1.19. The van der Waals surface area contributed by atoms with E-state index in [2.05, 4.69) is 4.72 Å². The van der Waals surface area contributed by atoms with Gasteiger partial charge in [0.25, 0.3) is 0 Å². The van der Waals surface area contributed by atoms with Crippen LogP contribution >= 0.6 is 0 Å². The van der Waals surface area contributed by atoms with Gasteiger partial charge in [0.2, 0.25) is 10.0 Å². The second-order valence-electron chi connectivity index (χ2n) is 4.00. The summed E-state index contributed by atoms with van der Waals surface area (Å²) in [4.78, 5) is 0.279. The van der Waals surface area contributed by atoms with E-state index in [1.807, 2.05) is 19.1 Å². The van der Waals surface area contributed by atoms with Gasteiger partial charge in [-0.25, -0.2) is 13.1 Å². The number of rotatable bonds is 9. The second kappa shape index (κ2) is 8.27. The Kier molecular flexibility index (Phi) is 7.01. The van der Waals surface area contributed by atoms with Gasteiger partial charge in [-0.1, -0.05) is 19.1 Å². The lowest BCUT2D eigenvalue weighted by atomic mass is 10.2. The molecule has 1 rings (SSSR count). The first-order chi connectivity index (χ1) is 9.10.